The number of alkyl halides is 3. The lowest BCUT2D eigenvalue weighted by molar-refractivity contribution is -0.137. The average molecular weight is 559 g/mol. The highest BCUT2D eigenvalue weighted by Crippen LogP contribution is 2.43. The minimum absolute atomic E-state index is 0.0244. The van der Waals surface area contributed by atoms with Gasteiger partial charge < -0.3 is 4.74 Å². The minimum atomic E-state index is -4.40. The lowest BCUT2D eigenvalue weighted by atomic mass is 9.74. The number of hydrogen-bond donors (Lipinski definition) is 0. The maximum absolute atomic E-state index is 13.7. The molecule has 39 heavy (non-hydrogen) atoms. The molecule has 2 fully saturated rings. The summed E-state index contributed by atoms with van der Waals surface area (Å²) >= 11 is 0. The molecule has 2 saturated heterocycles. The fraction of sp³-hybridized carbons (Fsp3) is 0.400. The number of ether oxygens (including phenoxy) is 1. The highest BCUT2D eigenvalue weighted by molar-refractivity contribution is 7.89. The first kappa shape index (κ1) is 27.8. The van der Waals surface area contributed by atoms with Crippen molar-refractivity contribution in [2.75, 3.05) is 33.4 Å². The zero-order valence-electron chi connectivity index (χ0n) is 22.1. The second-order valence-corrected chi connectivity index (χ2v) is 12.3. The van der Waals surface area contributed by atoms with E-state index in [1.54, 1.807) is 29.6 Å². The zero-order chi connectivity index (χ0) is 27.8. The Kier molecular flexibility index (Phi) is 7.88. The van der Waals surface area contributed by atoms with Crippen molar-refractivity contribution in [3.05, 3.63) is 89.5 Å². The molecule has 9 heteroatoms. The molecule has 3 aromatic carbocycles. The van der Waals surface area contributed by atoms with Crippen LogP contribution in [0.4, 0.5) is 13.2 Å². The molecule has 0 aromatic heterocycles. The van der Waals surface area contributed by atoms with Gasteiger partial charge in [0.05, 0.1) is 17.1 Å². The van der Waals surface area contributed by atoms with Gasteiger partial charge in [0.15, 0.2) is 0 Å². The van der Waals surface area contributed by atoms with Gasteiger partial charge in [-0.15, -0.1) is 0 Å². The smallest absolute Gasteiger partial charge is 0.383 e. The van der Waals surface area contributed by atoms with Crippen LogP contribution >= 0.6 is 0 Å². The number of halogens is 3. The molecule has 1 unspecified atom stereocenters. The Bertz CT molecular complexity index is 1410. The molecule has 0 spiro atoms. The van der Waals surface area contributed by atoms with Crippen LogP contribution in [0.2, 0.25) is 0 Å². The zero-order valence-corrected chi connectivity index (χ0v) is 22.9. The Hall–Kier alpha value is -2.72. The van der Waals surface area contributed by atoms with E-state index in [0.29, 0.717) is 35.7 Å². The monoisotopic (exact) mass is 558 g/mol. The molecule has 208 valence electrons. The van der Waals surface area contributed by atoms with Gasteiger partial charge in [0, 0.05) is 38.2 Å². The first-order chi connectivity index (χ1) is 18.6. The first-order valence-corrected chi connectivity index (χ1v) is 14.6. The third-order valence-electron chi connectivity index (χ3n) is 8.01. The second-order valence-electron chi connectivity index (χ2n) is 10.4. The minimum Gasteiger partial charge on any atom is -0.383 e. The van der Waals surface area contributed by atoms with Crippen LogP contribution in [0.1, 0.15) is 35.4 Å². The van der Waals surface area contributed by atoms with Gasteiger partial charge in [-0.25, -0.2) is 8.42 Å². The number of sulfonamides is 1. The van der Waals surface area contributed by atoms with E-state index in [1.807, 2.05) is 43.3 Å². The van der Waals surface area contributed by atoms with E-state index < -0.39 is 21.8 Å². The van der Waals surface area contributed by atoms with Crippen LogP contribution in [-0.2, 0) is 20.9 Å². The van der Waals surface area contributed by atoms with E-state index in [1.165, 1.54) is 6.07 Å². The molecule has 2 aliphatic heterocycles. The van der Waals surface area contributed by atoms with Crippen molar-refractivity contribution in [3.8, 4) is 11.1 Å². The van der Waals surface area contributed by atoms with Crippen molar-refractivity contribution < 1.29 is 26.3 Å². The molecule has 2 heterocycles. The van der Waals surface area contributed by atoms with E-state index in [4.69, 9.17) is 4.74 Å². The standard InChI is InChI=1S/C30H33F3N2O3S/c1-21-8-3-4-11-28(21)39(36,37)34-16-5-6-17-35-26(19-34)29(27(35)20-38-2)23-14-12-22(13-15-23)24-9-7-10-25(18-24)30(31,32)33/h3-4,7-15,18,26-27,29H,5-6,16-17,19-20H2,1-2H3/t26?,27-,29+/m1/s1. The largest absolute Gasteiger partial charge is 0.416 e. The molecule has 0 N–H and O–H groups in total. The summed E-state index contributed by atoms with van der Waals surface area (Å²) in [7, 11) is -2.00. The van der Waals surface area contributed by atoms with Crippen LogP contribution < -0.4 is 0 Å². The molecule has 0 amide bonds. The van der Waals surface area contributed by atoms with Crippen LogP contribution in [0.25, 0.3) is 11.1 Å². The lowest BCUT2D eigenvalue weighted by Crippen LogP contribution is -2.68. The predicted octanol–water partition coefficient (Wildman–Crippen LogP) is 5.95. The summed E-state index contributed by atoms with van der Waals surface area (Å²) in [5.41, 5.74) is 2.28. The quantitative estimate of drug-likeness (QED) is 0.375. The van der Waals surface area contributed by atoms with Crippen molar-refractivity contribution >= 4 is 10.0 Å². The molecule has 3 aromatic rings. The maximum atomic E-state index is 13.7. The Morgan fingerprint density at radius 2 is 1.64 bits per heavy atom. The van der Waals surface area contributed by atoms with Gasteiger partial charge in [-0.05, 0) is 66.8 Å². The molecule has 0 radical (unpaired) electrons. The summed E-state index contributed by atoms with van der Waals surface area (Å²) in [6, 6.07) is 20.1. The van der Waals surface area contributed by atoms with Crippen molar-refractivity contribution in [3.63, 3.8) is 0 Å². The van der Waals surface area contributed by atoms with E-state index in [0.717, 1.165) is 42.6 Å². The molecule has 0 saturated carbocycles. The Balaban J connectivity index is 1.44. The van der Waals surface area contributed by atoms with E-state index in [2.05, 4.69) is 4.90 Å². The van der Waals surface area contributed by atoms with Crippen molar-refractivity contribution in [2.24, 2.45) is 0 Å². The topological polar surface area (TPSA) is 49.9 Å². The fourth-order valence-corrected chi connectivity index (χ4v) is 7.76. The summed E-state index contributed by atoms with van der Waals surface area (Å²) < 4.78 is 74.3. The van der Waals surface area contributed by atoms with Gasteiger partial charge >= 0.3 is 6.18 Å². The third kappa shape index (κ3) is 5.50. The van der Waals surface area contributed by atoms with Gasteiger partial charge in [-0.1, -0.05) is 54.6 Å². The average Bonchev–Trinajstić information content (AvgIpc) is 2.89. The van der Waals surface area contributed by atoms with Crippen LogP contribution in [-0.4, -0.2) is 63.1 Å². The number of benzene rings is 3. The Morgan fingerprint density at radius 3 is 2.33 bits per heavy atom. The summed E-state index contributed by atoms with van der Waals surface area (Å²) in [6.45, 7) is 4.04. The molecular formula is C30H33F3N2O3S. The summed E-state index contributed by atoms with van der Waals surface area (Å²) in [5, 5.41) is 0. The van der Waals surface area contributed by atoms with Crippen LogP contribution in [0.3, 0.4) is 0 Å². The van der Waals surface area contributed by atoms with E-state index in [9.17, 15) is 21.6 Å². The van der Waals surface area contributed by atoms with Gasteiger partial charge in [0.2, 0.25) is 10.0 Å². The molecule has 0 bridgehead atoms. The highest BCUT2D eigenvalue weighted by atomic mass is 32.2. The van der Waals surface area contributed by atoms with Crippen LogP contribution in [0, 0.1) is 6.92 Å². The SMILES string of the molecule is COC[C@@H]1[C@@H](c2ccc(-c3cccc(C(F)(F)F)c3)cc2)C2CN(S(=O)(=O)c3ccccc3C)CCCCN21. The van der Waals surface area contributed by atoms with Crippen molar-refractivity contribution in [1.82, 2.24) is 9.21 Å². The van der Waals surface area contributed by atoms with Gasteiger partial charge in [-0.2, -0.15) is 17.5 Å². The molecule has 2 aliphatic rings. The molecule has 5 rings (SSSR count). The van der Waals surface area contributed by atoms with Crippen molar-refractivity contribution in [2.45, 2.75) is 48.8 Å². The van der Waals surface area contributed by atoms with Crippen LogP contribution in [0.15, 0.2) is 77.7 Å². The number of hydrogen-bond acceptors (Lipinski definition) is 4. The normalized spacial score (nSPS) is 22.9. The number of aryl methyl sites for hydroxylation is 1. The summed E-state index contributed by atoms with van der Waals surface area (Å²) in [4.78, 5) is 2.70. The highest BCUT2D eigenvalue weighted by Gasteiger charge is 2.50. The molecule has 5 nitrogen and oxygen atoms in total. The first-order valence-electron chi connectivity index (χ1n) is 13.2. The molecular weight excluding hydrogens is 525 g/mol. The number of rotatable bonds is 6. The third-order valence-corrected chi connectivity index (χ3v) is 10.0. The predicted molar refractivity (Wildman–Crippen MR) is 145 cm³/mol. The number of methoxy groups -OCH3 is 1. The fourth-order valence-electron chi connectivity index (χ4n) is 6.04. The second kappa shape index (κ2) is 11.0. The number of nitrogens with zero attached hydrogens (tertiary/aromatic N) is 2. The van der Waals surface area contributed by atoms with Gasteiger partial charge in [0.25, 0.3) is 0 Å². The Labute approximate surface area is 228 Å². The molecule has 3 atom stereocenters. The Morgan fingerprint density at radius 1 is 0.923 bits per heavy atom. The van der Waals surface area contributed by atoms with Crippen LogP contribution in [0.5, 0.6) is 0 Å². The van der Waals surface area contributed by atoms with Crippen molar-refractivity contribution in [1.29, 1.82) is 0 Å². The van der Waals surface area contributed by atoms with E-state index >= 15 is 0 Å². The lowest BCUT2D eigenvalue weighted by Gasteiger charge is -2.57. The summed E-state index contributed by atoms with van der Waals surface area (Å²) in [5.74, 6) is 0.0354. The van der Waals surface area contributed by atoms with E-state index in [-0.39, 0.29) is 18.0 Å². The van der Waals surface area contributed by atoms with Gasteiger partial charge in [0.1, 0.15) is 0 Å². The maximum Gasteiger partial charge on any atom is 0.416 e. The molecule has 0 aliphatic carbocycles. The van der Waals surface area contributed by atoms with Gasteiger partial charge in [-0.3, -0.25) is 4.90 Å². The number of fused-ring (bicyclic) bond motifs is 1. The summed E-state index contributed by atoms with van der Waals surface area (Å²) in [6.07, 6.45) is -2.73.